The first kappa shape index (κ1) is 14.5. The summed E-state index contributed by atoms with van der Waals surface area (Å²) in [5, 5.41) is 0.405. The number of sulfonamides is 1. The molecule has 0 bridgehead atoms. The molecule has 106 valence electrons. The summed E-state index contributed by atoms with van der Waals surface area (Å²) in [6.45, 7) is 0. The summed E-state index contributed by atoms with van der Waals surface area (Å²) in [5.41, 5.74) is 6.39. The van der Waals surface area contributed by atoms with E-state index in [0.717, 1.165) is 0 Å². The maximum atomic E-state index is 12.2. The minimum absolute atomic E-state index is 0.126. The Balaban J connectivity index is 2.30. The second-order valence-corrected chi connectivity index (χ2v) is 6.11. The summed E-state index contributed by atoms with van der Waals surface area (Å²) in [6, 6.07) is 10.5. The van der Waals surface area contributed by atoms with Gasteiger partial charge in [-0.1, -0.05) is 11.6 Å². The number of methoxy groups -OCH3 is 1. The van der Waals surface area contributed by atoms with Crippen LogP contribution in [0.5, 0.6) is 5.75 Å². The van der Waals surface area contributed by atoms with Crippen LogP contribution in [0.1, 0.15) is 0 Å². The molecule has 0 unspecified atom stereocenters. The van der Waals surface area contributed by atoms with Crippen molar-refractivity contribution in [3.63, 3.8) is 0 Å². The largest absolute Gasteiger partial charge is 0.495 e. The van der Waals surface area contributed by atoms with Crippen LogP contribution in [0.3, 0.4) is 0 Å². The Bertz CT molecular complexity index is 715. The molecule has 0 aliphatic carbocycles. The molecule has 0 saturated carbocycles. The minimum Gasteiger partial charge on any atom is -0.495 e. The number of nitrogens with one attached hydrogen (secondary N) is 1. The Hall–Kier alpha value is -1.92. The van der Waals surface area contributed by atoms with Crippen LogP contribution < -0.4 is 15.2 Å². The molecule has 5 nitrogen and oxygen atoms in total. The van der Waals surface area contributed by atoms with Gasteiger partial charge < -0.3 is 10.5 Å². The summed E-state index contributed by atoms with van der Waals surface area (Å²) in [7, 11) is -2.21. The van der Waals surface area contributed by atoms with E-state index in [4.69, 9.17) is 22.1 Å². The molecule has 0 amide bonds. The molecule has 2 aromatic carbocycles. The fourth-order valence-corrected chi connectivity index (χ4v) is 2.83. The average Bonchev–Trinajstić information content (AvgIpc) is 2.41. The van der Waals surface area contributed by atoms with Crippen LogP contribution in [-0.4, -0.2) is 15.5 Å². The van der Waals surface area contributed by atoms with Crippen molar-refractivity contribution in [3.05, 3.63) is 47.5 Å². The van der Waals surface area contributed by atoms with Gasteiger partial charge in [0.2, 0.25) is 0 Å². The van der Waals surface area contributed by atoms with Gasteiger partial charge >= 0.3 is 0 Å². The molecule has 0 spiro atoms. The van der Waals surface area contributed by atoms with E-state index in [9.17, 15) is 8.42 Å². The standard InChI is InChI=1S/C13H13ClN2O3S/c1-19-13-8-10(4-7-12(13)14)16-20(17,18)11-5-2-9(15)3-6-11/h2-8,16H,15H2,1H3. The summed E-state index contributed by atoms with van der Waals surface area (Å²) in [6.07, 6.45) is 0. The molecule has 0 aromatic heterocycles. The summed E-state index contributed by atoms with van der Waals surface area (Å²) in [5.74, 6) is 0.393. The van der Waals surface area contributed by atoms with E-state index in [1.54, 1.807) is 12.1 Å². The van der Waals surface area contributed by atoms with Crippen molar-refractivity contribution in [2.45, 2.75) is 4.90 Å². The smallest absolute Gasteiger partial charge is 0.261 e. The van der Waals surface area contributed by atoms with Crippen LogP contribution in [-0.2, 0) is 10.0 Å². The number of anilines is 2. The Kier molecular flexibility index (Phi) is 4.06. The van der Waals surface area contributed by atoms with E-state index in [2.05, 4.69) is 4.72 Å². The minimum atomic E-state index is -3.67. The highest BCUT2D eigenvalue weighted by molar-refractivity contribution is 7.92. The van der Waals surface area contributed by atoms with Crippen LogP contribution in [0.25, 0.3) is 0 Å². The van der Waals surface area contributed by atoms with Crippen LogP contribution in [0.2, 0.25) is 5.02 Å². The van der Waals surface area contributed by atoms with Crippen LogP contribution in [0, 0.1) is 0 Å². The molecule has 2 aromatic rings. The molecule has 0 aliphatic heterocycles. The summed E-state index contributed by atoms with van der Waals surface area (Å²) in [4.78, 5) is 0.126. The van der Waals surface area contributed by atoms with E-state index in [0.29, 0.717) is 22.1 Å². The van der Waals surface area contributed by atoms with Gasteiger partial charge in [0.15, 0.2) is 0 Å². The van der Waals surface area contributed by atoms with E-state index < -0.39 is 10.0 Å². The van der Waals surface area contributed by atoms with Crippen molar-refractivity contribution in [1.29, 1.82) is 0 Å². The van der Waals surface area contributed by atoms with Gasteiger partial charge in [-0.05, 0) is 36.4 Å². The fraction of sp³-hybridized carbons (Fsp3) is 0.0769. The van der Waals surface area contributed by atoms with Gasteiger partial charge in [0, 0.05) is 11.8 Å². The molecule has 0 heterocycles. The third kappa shape index (κ3) is 3.15. The van der Waals surface area contributed by atoms with Gasteiger partial charge in [-0.25, -0.2) is 8.42 Å². The predicted molar refractivity (Wildman–Crippen MR) is 79.7 cm³/mol. The van der Waals surface area contributed by atoms with Gasteiger partial charge in [-0.15, -0.1) is 0 Å². The van der Waals surface area contributed by atoms with E-state index in [1.807, 2.05) is 0 Å². The lowest BCUT2D eigenvalue weighted by atomic mass is 10.3. The van der Waals surface area contributed by atoms with Gasteiger partial charge in [0.25, 0.3) is 10.0 Å². The third-order valence-corrected chi connectivity index (χ3v) is 4.30. The van der Waals surface area contributed by atoms with E-state index >= 15 is 0 Å². The van der Waals surface area contributed by atoms with Crippen LogP contribution in [0.15, 0.2) is 47.4 Å². The molecule has 3 N–H and O–H groups in total. The zero-order chi connectivity index (χ0) is 14.8. The third-order valence-electron chi connectivity index (χ3n) is 2.59. The number of rotatable bonds is 4. The number of benzene rings is 2. The van der Waals surface area contributed by atoms with Crippen molar-refractivity contribution >= 4 is 33.0 Å². The number of hydrogen-bond acceptors (Lipinski definition) is 4. The van der Waals surface area contributed by atoms with Gasteiger partial charge in [-0.3, -0.25) is 4.72 Å². The first-order valence-corrected chi connectivity index (χ1v) is 7.50. The highest BCUT2D eigenvalue weighted by atomic mass is 35.5. The maximum absolute atomic E-state index is 12.2. The van der Waals surface area contributed by atoms with Gasteiger partial charge in [-0.2, -0.15) is 0 Å². The number of nitrogens with two attached hydrogens (primary N) is 1. The topological polar surface area (TPSA) is 81.4 Å². The van der Waals surface area contributed by atoms with Crippen molar-refractivity contribution in [2.24, 2.45) is 0 Å². The van der Waals surface area contributed by atoms with Gasteiger partial charge in [0.05, 0.1) is 22.7 Å². The first-order chi connectivity index (χ1) is 9.42. The van der Waals surface area contributed by atoms with Crippen molar-refractivity contribution < 1.29 is 13.2 Å². The monoisotopic (exact) mass is 312 g/mol. The van der Waals surface area contributed by atoms with Crippen molar-refractivity contribution in [2.75, 3.05) is 17.6 Å². The molecule has 0 radical (unpaired) electrons. The van der Waals surface area contributed by atoms with E-state index in [1.165, 1.54) is 37.4 Å². The molecular weight excluding hydrogens is 300 g/mol. The molecule has 0 aliphatic rings. The lowest BCUT2D eigenvalue weighted by molar-refractivity contribution is 0.415. The van der Waals surface area contributed by atoms with Crippen LogP contribution >= 0.6 is 11.6 Å². The second-order valence-electron chi connectivity index (χ2n) is 4.02. The zero-order valence-electron chi connectivity index (χ0n) is 10.6. The lowest BCUT2D eigenvalue weighted by Gasteiger charge is -2.10. The summed E-state index contributed by atoms with van der Waals surface area (Å²) >= 11 is 5.89. The highest BCUT2D eigenvalue weighted by Gasteiger charge is 2.14. The summed E-state index contributed by atoms with van der Waals surface area (Å²) < 4.78 is 31.8. The fourth-order valence-electron chi connectivity index (χ4n) is 1.58. The number of ether oxygens (including phenoxy) is 1. The molecule has 0 fully saturated rings. The molecular formula is C13H13ClN2O3S. The number of nitrogen functional groups attached to an aromatic ring is 1. The average molecular weight is 313 g/mol. The Morgan fingerprint density at radius 2 is 1.80 bits per heavy atom. The Morgan fingerprint density at radius 1 is 1.15 bits per heavy atom. The Labute approximate surface area is 122 Å². The first-order valence-electron chi connectivity index (χ1n) is 5.64. The zero-order valence-corrected chi connectivity index (χ0v) is 12.2. The SMILES string of the molecule is COc1cc(NS(=O)(=O)c2ccc(N)cc2)ccc1Cl. The molecule has 0 atom stereocenters. The lowest BCUT2D eigenvalue weighted by Crippen LogP contribution is -2.13. The van der Waals surface area contributed by atoms with Crippen LogP contribution in [0.4, 0.5) is 11.4 Å². The Morgan fingerprint density at radius 3 is 2.40 bits per heavy atom. The molecule has 20 heavy (non-hydrogen) atoms. The van der Waals surface area contributed by atoms with Crippen molar-refractivity contribution in [1.82, 2.24) is 0 Å². The quantitative estimate of drug-likeness (QED) is 0.851. The normalized spacial score (nSPS) is 11.1. The molecule has 0 saturated heterocycles. The number of hydrogen-bond donors (Lipinski definition) is 2. The van der Waals surface area contributed by atoms with Gasteiger partial charge in [0.1, 0.15) is 5.75 Å². The predicted octanol–water partition coefficient (Wildman–Crippen LogP) is 2.73. The molecule has 7 heteroatoms. The molecule has 2 rings (SSSR count). The number of halogens is 1. The van der Waals surface area contributed by atoms with E-state index in [-0.39, 0.29) is 4.90 Å². The second kappa shape index (κ2) is 5.60. The maximum Gasteiger partial charge on any atom is 0.261 e. The highest BCUT2D eigenvalue weighted by Crippen LogP contribution is 2.28. The van der Waals surface area contributed by atoms with Crippen molar-refractivity contribution in [3.8, 4) is 5.75 Å².